The zero-order valence-electron chi connectivity index (χ0n) is 10.5. The van der Waals surface area contributed by atoms with Gasteiger partial charge in [0.05, 0.1) is 0 Å². The smallest absolute Gasteiger partial charge is 0.220 e. The zero-order valence-corrected chi connectivity index (χ0v) is 10.5. The third-order valence-electron chi connectivity index (χ3n) is 2.58. The van der Waals surface area contributed by atoms with Gasteiger partial charge < -0.3 is 5.32 Å². The molecule has 2 nitrogen and oxygen atoms in total. The molecule has 0 fully saturated rings. The van der Waals surface area contributed by atoms with Crippen molar-refractivity contribution >= 4 is 5.91 Å². The van der Waals surface area contributed by atoms with Crippen LogP contribution in [0.3, 0.4) is 0 Å². The summed E-state index contributed by atoms with van der Waals surface area (Å²) in [6.45, 7) is 12.6. The molecule has 0 aromatic carbocycles. The molecule has 0 bridgehead atoms. The summed E-state index contributed by atoms with van der Waals surface area (Å²) in [5, 5.41) is 3.05. The van der Waals surface area contributed by atoms with E-state index in [4.69, 9.17) is 0 Å². The van der Waals surface area contributed by atoms with E-state index in [1.54, 1.807) is 0 Å². The van der Waals surface area contributed by atoms with E-state index in [-0.39, 0.29) is 17.4 Å². The lowest BCUT2D eigenvalue weighted by Gasteiger charge is -2.23. The second-order valence-electron chi connectivity index (χ2n) is 5.48. The zero-order chi connectivity index (χ0) is 11.4. The Morgan fingerprint density at radius 3 is 2.14 bits per heavy atom. The van der Waals surface area contributed by atoms with E-state index < -0.39 is 0 Å². The highest BCUT2D eigenvalue weighted by Crippen LogP contribution is 2.18. The molecule has 2 atom stereocenters. The number of rotatable bonds is 4. The van der Waals surface area contributed by atoms with Gasteiger partial charge in [-0.25, -0.2) is 0 Å². The molecular formula is C12H25NO. The van der Waals surface area contributed by atoms with E-state index in [1.807, 2.05) is 0 Å². The van der Waals surface area contributed by atoms with Gasteiger partial charge >= 0.3 is 0 Å². The van der Waals surface area contributed by atoms with Crippen LogP contribution in [-0.2, 0) is 4.79 Å². The van der Waals surface area contributed by atoms with Gasteiger partial charge in [-0.1, -0.05) is 41.0 Å². The average Bonchev–Trinajstić information content (AvgIpc) is 1.99. The molecule has 0 radical (unpaired) electrons. The fraction of sp³-hybridized carbons (Fsp3) is 0.917. The lowest BCUT2D eigenvalue weighted by molar-refractivity contribution is -0.123. The summed E-state index contributed by atoms with van der Waals surface area (Å²) >= 11 is 0. The largest absolute Gasteiger partial charge is 0.353 e. The van der Waals surface area contributed by atoms with Gasteiger partial charge in [-0.3, -0.25) is 4.79 Å². The summed E-state index contributed by atoms with van der Waals surface area (Å²) in [5.41, 5.74) is 0.0826. The van der Waals surface area contributed by atoms with Crippen LogP contribution in [-0.4, -0.2) is 11.9 Å². The molecule has 0 saturated heterocycles. The van der Waals surface area contributed by atoms with E-state index >= 15 is 0 Å². The van der Waals surface area contributed by atoms with Gasteiger partial charge in [-0.05, 0) is 18.3 Å². The molecule has 2 heteroatoms. The van der Waals surface area contributed by atoms with Crippen molar-refractivity contribution in [1.29, 1.82) is 0 Å². The lowest BCUT2D eigenvalue weighted by atomic mass is 9.91. The van der Waals surface area contributed by atoms with Crippen LogP contribution in [0.2, 0.25) is 0 Å². The maximum atomic E-state index is 11.6. The number of hydrogen-bond donors (Lipinski definition) is 1. The molecule has 0 saturated carbocycles. The topological polar surface area (TPSA) is 29.1 Å². The van der Waals surface area contributed by atoms with E-state index in [0.29, 0.717) is 12.3 Å². The second-order valence-corrected chi connectivity index (χ2v) is 5.48. The molecule has 0 aromatic rings. The van der Waals surface area contributed by atoms with Crippen LogP contribution in [0.1, 0.15) is 54.4 Å². The van der Waals surface area contributed by atoms with Crippen molar-refractivity contribution in [1.82, 2.24) is 5.32 Å². The third kappa shape index (κ3) is 6.01. The van der Waals surface area contributed by atoms with Gasteiger partial charge in [0, 0.05) is 12.5 Å². The molecule has 0 heterocycles. The van der Waals surface area contributed by atoms with Gasteiger partial charge in [-0.2, -0.15) is 0 Å². The van der Waals surface area contributed by atoms with E-state index in [0.717, 1.165) is 6.42 Å². The lowest BCUT2D eigenvalue weighted by Crippen LogP contribution is -2.38. The molecular weight excluding hydrogens is 174 g/mol. The first kappa shape index (κ1) is 13.5. The maximum absolute atomic E-state index is 11.6. The second kappa shape index (κ2) is 5.38. The quantitative estimate of drug-likeness (QED) is 0.741. The molecule has 1 N–H and O–H groups in total. The molecule has 0 spiro atoms. The van der Waals surface area contributed by atoms with E-state index in [2.05, 4.69) is 46.9 Å². The number of nitrogens with one attached hydrogen (secondary N) is 1. The molecule has 0 rings (SSSR count). The predicted molar refractivity (Wildman–Crippen MR) is 61.1 cm³/mol. The first-order valence-electron chi connectivity index (χ1n) is 5.55. The van der Waals surface area contributed by atoms with Crippen molar-refractivity contribution in [2.75, 3.05) is 0 Å². The molecule has 0 aliphatic carbocycles. The SMILES string of the molecule is CCC(C)C(C)NC(=O)CC(C)(C)C. The number of carbonyl (C=O) groups is 1. The Morgan fingerprint density at radius 2 is 1.79 bits per heavy atom. The molecule has 0 aliphatic rings. The summed E-state index contributed by atoms with van der Waals surface area (Å²) in [5.74, 6) is 0.726. The van der Waals surface area contributed by atoms with Gasteiger partial charge in [0.25, 0.3) is 0 Å². The minimum atomic E-state index is 0.0826. The molecule has 0 aliphatic heterocycles. The van der Waals surface area contributed by atoms with E-state index in [9.17, 15) is 4.79 Å². The molecule has 2 unspecified atom stereocenters. The Morgan fingerprint density at radius 1 is 1.29 bits per heavy atom. The monoisotopic (exact) mass is 199 g/mol. The van der Waals surface area contributed by atoms with E-state index in [1.165, 1.54) is 0 Å². The summed E-state index contributed by atoms with van der Waals surface area (Å²) in [7, 11) is 0. The molecule has 0 aromatic heterocycles. The fourth-order valence-corrected chi connectivity index (χ4v) is 1.28. The van der Waals surface area contributed by atoms with Gasteiger partial charge in [0.2, 0.25) is 5.91 Å². The van der Waals surface area contributed by atoms with Crippen LogP contribution in [0.4, 0.5) is 0 Å². The minimum Gasteiger partial charge on any atom is -0.353 e. The fourth-order valence-electron chi connectivity index (χ4n) is 1.28. The van der Waals surface area contributed by atoms with Crippen molar-refractivity contribution in [3.05, 3.63) is 0 Å². The van der Waals surface area contributed by atoms with Gasteiger partial charge in [-0.15, -0.1) is 0 Å². The van der Waals surface area contributed by atoms with Crippen molar-refractivity contribution < 1.29 is 4.79 Å². The first-order chi connectivity index (χ1) is 6.26. The highest BCUT2D eigenvalue weighted by Gasteiger charge is 2.18. The van der Waals surface area contributed by atoms with Gasteiger partial charge in [0.1, 0.15) is 0 Å². The average molecular weight is 199 g/mol. The van der Waals surface area contributed by atoms with Crippen LogP contribution in [0.25, 0.3) is 0 Å². The molecule has 14 heavy (non-hydrogen) atoms. The third-order valence-corrected chi connectivity index (χ3v) is 2.58. The van der Waals surface area contributed by atoms with Gasteiger partial charge in [0.15, 0.2) is 0 Å². The Bertz CT molecular complexity index is 181. The van der Waals surface area contributed by atoms with Crippen LogP contribution in [0.15, 0.2) is 0 Å². The highest BCUT2D eigenvalue weighted by molar-refractivity contribution is 5.76. The van der Waals surface area contributed by atoms with Crippen LogP contribution in [0.5, 0.6) is 0 Å². The number of carbonyl (C=O) groups excluding carboxylic acids is 1. The molecule has 84 valence electrons. The Hall–Kier alpha value is -0.530. The van der Waals surface area contributed by atoms with Crippen LogP contribution >= 0.6 is 0 Å². The summed E-state index contributed by atoms with van der Waals surface area (Å²) in [6, 6.07) is 0.287. The maximum Gasteiger partial charge on any atom is 0.220 e. The normalized spacial score (nSPS) is 16.1. The number of hydrogen-bond acceptors (Lipinski definition) is 1. The number of amides is 1. The standard InChI is InChI=1S/C12H25NO/c1-7-9(2)10(3)13-11(14)8-12(4,5)6/h9-10H,7-8H2,1-6H3,(H,13,14). The van der Waals surface area contributed by atoms with Crippen molar-refractivity contribution in [2.45, 2.75) is 60.4 Å². The summed E-state index contributed by atoms with van der Waals surface area (Å²) in [6.07, 6.45) is 1.71. The Labute approximate surface area is 88.5 Å². The van der Waals surface area contributed by atoms with Crippen molar-refractivity contribution in [3.8, 4) is 0 Å². The summed E-state index contributed by atoms with van der Waals surface area (Å²) in [4.78, 5) is 11.6. The minimum absolute atomic E-state index is 0.0826. The van der Waals surface area contributed by atoms with Crippen molar-refractivity contribution in [3.63, 3.8) is 0 Å². The van der Waals surface area contributed by atoms with Crippen LogP contribution in [0, 0.1) is 11.3 Å². The Kier molecular flexibility index (Phi) is 5.17. The Balaban J connectivity index is 3.95. The molecule has 1 amide bonds. The van der Waals surface area contributed by atoms with Crippen molar-refractivity contribution in [2.24, 2.45) is 11.3 Å². The predicted octanol–water partition coefficient (Wildman–Crippen LogP) is 2.97. The first-order valence-corrected chi connectivity index (χ1v) is 5.55. The summed E-state index contributed by atoms with van der Waals surface area (Å²) < 4.78 is 0. The highest BCUT2D eigenvalue weighted by atomic mass is 16.1. The van der Waals surface area contributed by atoms with Crippen LogP contribution < -0.4 is 5.32 Å².